The normalized spacial score (nSPS) is 16.2. The van der Waals surface area contributed by atoms with Gasteiger partial charge in [0, 0.05) is 18.5 Å². The summed E-state index contributed by atoms with van der Waals surface area (Å²) in [5.74, 6) is -0.263. The van der Waals surface area contributed by atoms with Gasteiger partial charge in [0.1, 0.15) is 0 Å². The van der Waals surface area contributed by atoms with Crippen LogP contribution in [0.2, 0.25) is 0 Å². The molecule has 0 radical (unpaired) electrons. The number of nitrogens with two attached hydrogens (primary N) is 1. The number of nitrogens with zero attached hydrogens (tertiary/aromatic N) is 1. The molecule has 2 N–H and O–H groups in total. The van der Waals surface area contributed by atoms with Gasteiger partial charge in [-0.3, -0.25) is 14.5 Å². The Morgan fingerprint density at radius 3 is 2.33 bits per heavy atom. The Bertz CT molecular complexity index is 424. The molecule has 1 heterocycles. The van der Waals surface area contributed by atoms with E-state index >= 15 is 0 Å². The van der Waals surface area contributed by atoms with Crippen LogP contribution in [0.3, 0.4) is 0 Å². The fraction of sp³-hybridized carbons (Fsp3) is 0.273. The second kappa shape index (κ2) is 3.38. The van der Waals surface area contributed by atoms with E-state index in [1.165, 1.54) is 4.90 Å². The summed E-state index contributed by atoms with van der Waals surface area (Å²) >= 11 is 0. The van der Waals surface area contributed by atoms with Crippen LogP contribution in [-0.4, -0.2) is 11.8 Å². The molecular weight excluding hydrogens is 192 g/mol. The van der Waals surface area contributed by atoms with E-state index in [1.807, 2.05) is 6.92 Å². The van der Waals surface area contributed by atoms with E-state index in [2.05, 4.69) is 0 Å². The lowest BCUT2D eigenvalue weighted by molar-refractivity contribution is -0.121. The molecule has 2 rings (SSSR count). The third-order valence-corrected chi connectivity index (χ3v) is 2.51. The molecule has 2 amide bonds. The lowest BCUT2D eigenvalue weighted by Gasteiger charge is -2.16. The van der Waals surface area contributed by atoms with Crippen molar-refractivity contribution in [2.45, 2.75) is 19.8 Å². The average molecular weight is 204 g/mol. The summed E-state index contributed by atoms with van der Waals surface area (Å²) in [5, 5.41) is 0. The first-order chi connectivity index (χ1) is 7.09. The monoisotopic (exact) mass is 204 g/mol. The summed E-state index contributed by atoms with van der Waals surface area (Å²) in [6, 6.07) is 5.17. The Hall–Kier alpha value is -1.84. The average Bonchev–Trinajstić information content (AvgIpc) is 2.48. The van der Waals surface area contributed by atoms with Crippen molar-refractivity contribution in [2.24, 2.45) is 0 Å². The molecule has 15 heavy (non-hydrogen) atoms. The lowest BCUT2D eigenvalue weighted by Crippen LogP contribution is -2.29. The molecule has 1 aromatic carbocycles. The lowest BCUT2D eigenvalue weighted by atomic mass is 10.1. The van der Waals surface area contributed by atoms with Gasteiger partial charge in [-0.1, -0.05) is 0 Å². The van der Waals surface area contributed by atoms with Gasteiger partial charge in [0.25, 0.3) is 0 Å². The van der Waals surface area contributed by atoms with Crippen molar-refractivity contribution < 1.29 is 9.59 Å². The largest absolute Gasteiger partial charge is 0.399 e. The van der Waals surface area contributed by atoms with Gasteiger partial charge in [0.15, 0.2) is 0 Å². The summed E-state index contributed by atoms with van der Waals surface area (Å²) in [4.78, 5) is 24.2. The molecule has 0 aliphatic carbocycles. The van der Waals surface area contributed by atoms with E-state index in [0.717, 1.165) is 5.56 Å². The molecule has 0 saturated carbocycles. The van der Waals surface area contributed by atoms with Crippen LogP contribution in [0.5, 0.6) is 0 Å². The van der Waals surface area contributed by atoms with Gasteiger partial charge in [-0.25, -0.2) is 0 Å². The standard InChI is InChI=1S/C11H12N2O2/c1-7-6-8(12)2-3-9(7)13-10(14)4-5-11(13)15/h2-3,6H,4-5,12H2,1H3. The Labute approximate surface area is 87.7 Å². The quantitative estimate of drug-likeness (QED) is 0.552. The third-order valence-electron chi connectivity index (χ3n) is 2.51. The number of imide groups is 1. The van der Waals surface area contributed by atoms with E-state index in [1.54, 1.807) is 18.2 Å². The Morgan fingerprint density at radius 1 is 1.20 bits per heavy atom. The van der Waals surface area contributed by atoms with Gasteiger partial charge in [-0.05, 0) is 30.7 Å². The summed E-state index contributed by atoms with van der Waals surface area (Å²) in [6.45, 7) is 1.84. The van der Waals surface area contributed by atoms with E-state index in [4.69, 9.17) is 5.73 Å². The zero-order valence-corrected chi connectivity index (χ0v) is 8.49. The molecule has 4 heteroatoms. The van der Waals surface area contributed by atoms with Gasteiger partial charge in [-0.2, -0.15) is 0 Å². The highest BCUT2D eigenvalue weighted by molar-refractivity contribution is 6.20. The predicted octanol–water partition coefficient (Wildman–Crippen LogP) is 1.23. The van der Waals surface area contributed by atoms with Crippen LogP contribution in [-0.2, 0) is 9.59 Å². The number of aryl methyl sites for hydroxylation is 1. The van der Waals surface area contributed by atoms with Crippen LogP contribution in [0.25, 0.3) is 0 Å². The first-order valence-electron chi connectivity index (χ1n) is 4.81. The number of benzene rings is 1. The van der Waals surface area contributed by atoms with Crippen LogP contribution >= 0.6 is 0 Å². The van der Waals surface area contributed by atoms with Crippen molar-refractivity contribution in [3.05, 3.63) is 23.8 Å². The topological polar surface area (TPSA) is 63.4 Å². The van der Waals surface area contributed by atoms with Crippen molar-refractivity contribution in [1.82, 2.24) is 0 Å². The molecule has 1 saturated heterocycles. The summed E-state index contributed by atoms with van der Waals surface area (Å²) in [5.41, 5.74) is 7.74. The highest BCUT2D eigenvalue weighted by Gasteiger charge is 2.30. The van der Waals surface area contributed by atoms with E-state index in [0.29, 0.717) is 24.2 Å². The minimum atomic E-state index is -0.132. The smallest absolute Gasteiger partial charge is 0.234 e. The Balaban J connectivity index is 2.45. The SMILES string of the molecule is Cc1cc(N)ccc1N1C(=O)CCC1=O. The Morgan fingerprint density at radius 2 is 1.80 bits per heavy atom. The molecule has 1 aliphatic heterocycles. The number of carbonyl (C=O) groups is 2. The first kappa shape index (κ1) is 9.71. The summed E-state index contributed by atoms with van der Waals surface area (Å²) in [7, 11) is 0. The molecule has 0 spiro atoms. The van der Waals surface area contributed by atoms with Crippen molar-refractivity contribution in [3.8, 4) is 0 Å². The maximum absolute atomic E-state index is 11.5. The number of nitrogen functional groups attached to an aromatic ring is 1. The van der Waals surface area contributed by atoms with Crippen molar-refractivity contribution in [3.63, 3.8) is 0 Å². The van der Waals surface area contributed by atoms with Crippen molar-refractivity contribution in [1.29, 1.82) is 0 Å². The van der Waals surface area contributed by atoms with Crippen LogP contribution in [0, 0.1) is 6.92 Å². The molecule has 0 aromatic heterocycles. The van der Waals surface area contributed by atoms with Gasteiger partial charge in [0.05, 0.1) is 5.69 Å². The molecular formula is C11H12N2O2. The highest BCUT2D eigenvalue weighted by Crippen LogP contribution is 2.27. The highest BCUT2D eigenvalue weighted by atomic mass is 16.2. The zero-order chi connectivity index (χ0) is 11.0. The fourth-order valence-corrected chi connectivity index (χ4v) is 1.77. The second-order valence-electron chi connectivity index (χ2n) is 3.67. The molecule has 0 unspecified atom stereocenters. The zero-order valence-electron chi connectivity index (χ0n) is 8.49. The van der Waals surface area contributed by atoms with Crippen LogP contribution in [0.4, 0.5) is 11.4 Å². The predicted molar refractivity (Wildman–Crippen MR) is 57.3 cm³/mol. The maximum atomic E-state index is 11.5. The van der Waals surface area contributed by atoms with Gasteiger partial charge >= 0.3 is 0 Å². The number of rotatable bonds is 1. The van der Waals surface area contributed by atoms with Crippen LogP contribution in [0.1, 0.15) is 18.4 Å². The molecule has 0 bridgehead atoms. The third kappa shape index (κ3) is 1.58. The van der Waals surface area contributed by atoms with E-state index in [-0.39, 0.29) is 11.8 Å². The van der Waals surface area contributed by atoms with Gasteiger partial charge in [0.2, 0.25) is 11.8 Å². The van der Waals surface area contributed by atoms with Gasteiger partial charge in [-0.15, -0.1) is 0 Å². The number of carbonyl (C=O) groups excluding carboxylic acids is 2. The molecule has 0 atom stereocenters. The number of anilines is 2. The first-order valence-corrected chi connectivity index (χ1v) is 4.81. The Kier molecular flexibility index (Phi) is 2.19. The molecule has 1 aromatic rings. The molecule has 4 nitrogen and oxygen atoms in total. The number of hydrogen-bond acceptors (Lipinski definition) is 3. The van der Waals surface area contributed by atoms with Crippen LogP contribution in [0.15, 0.2) is 18.2 Å². The minimum Gasteiger partial charge on any atom is -0.399 e. The van der Waals surface area contributed by atoms with Crippen molar-refractivity contribution in [2.75, 3.05) is 10.6 Å². The van der Waals surface area contributed by atoms with E-state index in [9.17, 15) is 9.59 Å². The summed E-state index contributed by atoms with van der Waals surface area (Å²) < 4.78 is 0. The summed E-state index contributed by atoms with van der Waals surface area (Å²) in [6.07, 6.45) is 0.616. The van der Waals surface area contributed by atoms with Gasteiger partial charge < -0.3 is 5.73 Å². The van der Waals surface area contributed by atoms with Crippen molar-refractivity contribution >= 4 is 23.2 Å². The second-order valence-corrected chi connectivity index (χ2v) is 3.67. The van der Waals surface area contributed by atoms with E-state index < -0.39 is 0 Å². The molecule has 1 aliphatic rings. The van der Waals surface area contributed by atoms with Crippen LogP contribution < -0.4 is 10.6 Å². The number of amides is 2. The maximum Gasteiger partial charge on any atom is 0.234 e. The molecule has 78 valence electrons. The molecule has 1 fully saturated rings. The number of hydrogen-bond donors (Lipinski definition) is 1. The minimum absolute atomic E-state index is 0.132. The fourth-order valence-electron chi connectivity index (χ4n) is 1.77.